The lowest BCUT2D eigenvalue weighted by Gasteiger charge is -2.19. The molecule has 1 aliphatic rings. The van der Waals surface area contributed by atoms with Gasteiger partial charge in [-0.1, -0.05) is 12.1 Å². The molecule has 0 bridgehead atoms. The number of hydrogen-bond acceptors (Lipinski definition) is 4. The first-order valence-corrected chi connectivity index (χ1v) is 6.95. The summed E-state index contributed by atoms with van der Waals surface area (Å²) >= 11 is 1.79. The largest absolute Gasteiger partial charge is 0.325 e. The van der Waals surface area contributed by atoms with Crippen molar-refractivity contribution in [3.05, 3.63) is 36.2 Å². The number of aromatic nitrogens is 2. The van der Waals surface area contributed by atoms with Crippen LogP contribution in [0, 0.1) is 0 Å². The third kappa shape index (κ3) is 1.95. The number of rotatable bonds is 1. The first kappa shape index (κ1) is 11.5. The van der Waals surface area contributed by atoms with Crippen LogP contribution >= 0.6 is 11.8 Å². The molecule has 1 atom stereocenters. The standard InChI is InChI=1S/C13H13N3OS/c1-9-16(6-7-18-9)13(17)12-8-14-10-4-2-3-5-11(10)15-12/h2-5,8-9H,6-7H2,1H3. The number of fused-ring (bicyclic) bond motifs is 1. The van der Waals surface area contributed by atoms with Gasteiger partial charge in [0.2, 0.25) is 0 Å². The van der Waals surface area contributed by atoms with E-state index in [1.165, 1.54) is 0 Å². The van der Waals surface area contributed by atoms with Gasteiger partial charge in [-0.05, 0) is 19.1 Å². The van der Waals surface area contributed by atoms with Crippen molar-refractivity contribution in [2.45, 2.75) is 12.3 Å². The average Bonchev–Trinajstić information content (AvgIpc) is 2.83. The van der Waals surface area contributed by atoms with E-state index in [9.17, 15) is 4.79 Å². The van der Waals surface area contributed by atoms with Gasteiger partial charge in [0, 0.05) is 12.3 Å². The highest BCUT2D eigenvalue weighted by molar-refractivity contribution is 8.00. The predicted molar refractivity (Wildman–Crippen MR) is 72.5 cm³/mol. The molecule has 92 valence electrons. The van der Waals surface area contributed by atoms with Crippen molar-refractivity contribution in [3.63, 3.8) is 0 Å². The topological polar surface area (TPSA) is 46.1 Å². The van der Waals surface area contributed by atoms with Crippen molar-refractivity contribution in [1.82, 2.24) is 14.9 Å². The van der Waals surface area contributed by atoms with Crippen molar-refractivity contribution < 1.29 is 4.79 Å². The Bertz CT molecular complexity index is 602. The molecule has 1 unspecified atom stereocenters. The molecule has 2 aromatic rings. The van der Waals surface area contributed by atoms with Crippen LogP contribution < -0.4 is 0 Å². The Balaban J connectivity index is 1.96. The van der Waals surface area contributed by atoms with Gasteiger partial charge in [0.25, 0.3) is 5.91 Å². The molecule has 1 saturated heterocycles. The maximum absolute atomic E-state index is 12.3. The van der Waals surface area contributed by atoms with Gasteiger partial charge in [0.15, 0.2) is 0 Å². The second kappa shape index (κ2) is 4.57. The van der Waals surface area contributed by atoms with Crippen LogP contribution in [-0.2, 0) is 0 Å². The second-order valence-corrected chi connectivity index (χ2v) is 5.64. The predicted octanol–water partition coefficient (Wildman–Crippen LogP) is 2.16. The van der Waals surface area contributed by atoms with E-state index in [4.69, 9.17) is 0 Å². The minimum atomic E-state index is -0.0225. The van der Waals surface area contributed by atoms with E-state index in [1.54, 1.807) is 18.0 Å². The number of amides is 1. The van der Waals surface area contributed by atoms with Crippen LogP contribution in [0.2, 0.25) is 0 Å². The molecule has 1 aromatic heterocycles. The number of thioether (sulfide) groups is 1. The summed E-state index contributed by atoms with van der Waals surface area (Å²) in [6, 6.07) is 7.59. The molecule has 1 aromatic carbocycles. The van der Waals surface area contributed by atoms with Crippen molar-refractivity contribution >= 4 is 28.7 Å². The number of nitrogens with zero attached hydrogens (tertiary/aromatic N) is 3. The van der Waals surface area contributed by atoms with Crippen LogP contribution in [0.5, 0.6) is 0 Å². The van der Waals surface area contributed by atoms with Crippen molar-refractivity contribution in [1.29, 1.82) is 0 Å². The summed E-state index contributed by atoms with van der Waals surface area (Å²) < 4.78 is 0. The number of carbonyl (C=O) groups is 1. The molecule has 0 spiro atoms. The number of hydrogen-bond donors (Lipinski definition) is 0. The lowest BCUT2D eigenvalue weighted by atomic mass is 10.3. The van der Waals surface area contributed by atoms with Crippen LogP contribution in [0.4, 0.5) is 0 Å². The Morgan fingerprint density at radius 2 is 2.17 bits per heavy atom. The first-order chi connectivity index (χ1) is 8.75. The summed E-state index contributed by atoms with van der Waals surface area (Å²) in [6.45, 7) is 2.84. The van der Waals surface area contributed by atoms with E-state index in [0.717, 1.165) is 23.3 Å². The Hall–Kier alpha value is -1.62. The SMILES string of the molecule is CC1SCCN1C(=O)c1cnc2ccccc2n1. The van der Waals surface area contributed by atoms with E-state index in [-0.39, 0.29) is 11.3 Å². The zero-order valence-corrected chi connectivity index (χ0v) is 10.9. The highest BCUT2D eigenvalue weighted by Gasteiger charge is 2.27. The van der Waals surface area contributed by atoms with Crippen LogP contribution in [-0.4, -0.2) is 38.4 Å². The van der Waals surface area contributed by atoms with Gasteiger partial charge in [-0.2, -0.15) is 0 Å². The summed E-state index contributed by atoms with van der Waals surface area (Å²) in [5.74, 6) is 0.972. The van der Waals surface area contributed by atoms with Crippen LogP contribution in [0.25, 0.3) is 11.0 Å². The highest BCUT2D eigenvalue weighted by atomic mass is 32.2. The van der Waals surface area contributed by atoms with Gasteiger partial charge in [-0.15, -0.1) is 11.8 Å². The molecular formula is C13H13N3OS. The fourth-order valence-electron chi connectivity index (χ4n) is 2.07. The number of carbonyl (C=O) groups excluding carboxylic acids is 1. The first-order valence-electron chi connectivity index (χ1n) is 5.90. The molecule has 0 radical (unpaired) electrons. The normalized spacial score (nSPS) is 19.4. The monoisotopic (exact) mass is 259 g/mol. The molecule has 0 saturated carbocycles. The molecule has 2 heterocycles. The van der Waals surface area contributed by atoms with E-state index in [0.29, 0.717) is 5.69 Å². The molecule has 5 heteroatoms. The molecule has 1 fully saturated rings. The minimum Gasteiger partial charge on any atom is -0.325 e. The number of para-hydroxylation sites is 2. The van der Waals surface area contributed by atoms with Gasteiger partial charge in [0.1, 0.15) is 5.69 Å². The lowest BCUT2D eigenvalue weighted by Crippen LogP contribution is -2.33. The molecule has 1 amide bonds. The van der Waals surface area contributed by atoms with Crippen molar-refractivity contribution in [3.8, 4) is 0 Å². The van der Waals surface area contributed by atoms with E-state index in [2.05, 4.69) is 9.97 Å². The highest BCUT2D eigenvalue weighted by Crippen LogP contribution is 2.24. The zero-order chi connectivity index (χ0) is 12.5. The third-order valence-electron chi connectivity index (χ3n) is 3.06. The smallest absolute Gasteiger partial charge is 0.274 e. The Morgan fingerprint density at radius 1 is 1.39 bits per heavy atom. The number of benzene rings is 1. The summed E-state index contributed by atoms with van der Waals surface area (Å²) in [6.07, 6.45) is 1.57. The molecular weight excluding hydrogens is 246 g/mol. The average molecular weight is 259 g/mol. The van der Waals surface area contributed by atoms with E-state index >= 15 is 0 Å². The summed E-state index contributed by atoms with van der Waals surface area (Å²) in [5, 5.41) is 0.228. The van der Waals surface area contributed by atoms with Crippen LogP contribution in [0.3, 0.4) is 0 Å². The zero-order valence-electron chi connectivity index (χ0n) is 10.0. The van der Waals surface area contributed by atoms with Gasteiger partial charge < -0.3 is 4.90 Å². The quantitative estimate of drug-likeness (QED) is 0.787. The van der Waals surface area contributed by atoms with E-state index < -0.39 is 0 Å². The molecule has 18 heavy (non-hydrogen) atoms. The fraction of sp³-hybridized carbons (Fsp3) is 0.308. The van der Waals surface area contributed by atoms with Gasteiger partial charge in [0.05, 0.1) is 22.6 Å². The Labute approximate surface area is 109 Å². The van der Waals surface area contributed by atoms with Crippen molar-refractivity contribution in [2.24, 2.45) is 0 Å². The summed E-state index contributed by atoms with van der Waals surface area (Å²) in [4.78, 5) is 22.8. The molecule has 1 aliphatic heterocycles. The Morgan fingerprint density at radius 3 is 2.89 bits per heavy atom. The van der Waals surface area contributed by atoms with Crippen LogP contribution in [0.15, 0.2) is 30.5 Å². The van der Waals surface area contributed by atoms with Gasteiger partial charge in [-0.3, -0.25) is 9.78 Å². The van der Waals surface area contributed by atoms with E-state index in [1.807, 2.05) is 36.1 Å². The summed E-state index contributed by atoms with van der Waals surface area (Å²) in [5.41, 5.74) is 2.02. The lowest BCUT2D eigenvalue weighted by molar-refractivity contribution is 0.0763. The third-order valence-corrected chi connectivity index (χ3v) is 4.21. The molecule has 4 nitrogen and oxygen atoms in total. The fourth-order valence-corrected chi connectivity index (χ4v) is 3.09. The van der Waals surface area contributed by atoms with Gasteiger partial charge in [-0.25, -0.2) is 4.98 Å². The molecule has 3 rings (SSSR count). The van der Waals surface area contributed by atoms with Crippen molar-refractivity contribution in [2.75, 3.05) is 12.3 Å². The maximum Gasteiger partial charge on any atom is 0.274 e. The second-order valence-electron chi connectivity index (χ2n) is 4.21. The summed E-state index contributed by atoms with van der Waals surface area (Å²) in [7, 11) is 0. The Kier molecular flexibility index (Phi) is 2.91. The van der Waals surface area contributed by atoms with Gasteiger partial charge >= 0.3 is 0 Å². The molecule has 0 aliphatic carbocycles. The maximum atomic E-state index is 12.3. The van der Waals surface area contributed by atoms with Crippen LogP contribution in [0.1, 0.15) is 17.4 Å². The minimum absolute atomic E-state index is 0.0225. The molecule has 0 N–H and O–H groups in total.